The predicted octanol–water partition coefficient (Wildman–Crippen LogP) is 3.59. The van der Waals surface area contributed by atoms with E-state index in [1.165, 1.54) is 11.6 Å². The molecule has 0 N–H and O–H groups in total. The van der Waals surface area contributed by atoms with Crippen molar-refractivity contribution in [2.24, 2.45) is 0 Å². The van der Waals surface area contributed by atoms with Gasteiger partial charge in [0.2, 0.25) is 5.95 Å². The number of rotatable bonds is 6. The molecule has 27 heavy (non-hydrogen) atoms. The third-order valence-corrected chi connectivity index (χ3v) is 5.47. The molecule has 1 aliphatic heterocycles. The van der Waals surface area contributed by atoms with Crippen molar-refractivity contribution < 1.29 is 9.13 Å². The summed E-state index contributed by atoms with van der Waals surface area (Å²) in [6, 6.07) is 17.0. The summed E-state index contributed by atoms with van der Waals surface area (Å²) in [6.45, 7) is 3.71. The summed E-state index contributed by atoms with van der Waals surface area (Å²) in [5, 5.41) is 9.72. The molecule has 4 rings (SSSR count). The minimum absolute atomic E-state index is 0.215. The molecular formula is C20H21FN4OS. The van der Waals surface area contributed by atoms with Crippen molar-refractivity contribution in [3.8, 4) is 0 Å². The highest BCUT2D eigenvalue weighted by Gasteiger charge is 2.21. The number of nitrogens with zero attached hydrogens (tertiary/aromatic N) is 4. The molecule has 7 heteroatoms. The molecule has 2 heterocycles. The number of ether oxygens (including phenoxy) is 1. The summed E-state index contributed by atoms with van der Waals surface area (Å²) >= 11 is 1.58. The number of aromatic nitrogens is 3. The maximum Gasteiger partial charge on any atom is 0.228 e. The highest BCUT2D eigenvalue weighted by Crippen LogP contribution is 2.27. The molecule has 0 amide bonds. The summed E-state index contributed by atoms with van der Waals surface area (Å²) in [5.74, 6) is 1.30. The quantitative estimate of drug-likeness (QED) is 0.608. The van der Waals surface area contributed by atoms with Crippen LogP contribution in [0.3, 0.4) is 0 Å². The molecular weight excluding hydrogens is 363 g/mol. The SMILES string of the molecule is Fc1cccc(CSc2nnc(N3CCOCC3)n2Cc2ccccc2)c1. The smallest absolute Gasteiger partial charge is 0.228 e. The summed E-state index contributed by atoms with van der Waals surface area (Å²) in [6.07, 6.45) is 0. The van der Waals surface area contributed by atoms with Crippen LogP contribution in [-0.4, -0.2) is 41.1 Å². The molecule has 2 aromatic carbocycles. The van der Waals surface area contributed by atoms with Gasteiger partial charge >= 0.3 is 0 Å². The first kappa shape index (κ1) is 18.0. The van der Waals surface area contributed by atoms with Gasteiger partial charge in [0.1, 0.15) is 5.82 Å². The number of anilines is 1. The van der Waals surface area contributed by atoms with Crippen LogP contribution < -0.4 is 4.90 Å². The lowest BCUT2D eigenvalue weighted by molar-refractivity contribution is 0.121. The minimum Gasteiger partial charge on any atom is -0.378 e. The summed E-state index contributed by atoms with van der Waals surface area (Å²) < 4.78 is 21.1. The van der Waals surface area contributed by atoms with Crippen molar-refractivity contribution in [3.63, 3.8) is 0 Å². The first-order valence-electron chi connectivity index (χ1n) is 8.97. The van der Waals surface area contributed by atoms with Gasteiger partial charge in [0.25, 0.3) is 0 Å². The Morgan fingerprint density at radius 2 is 1.74 bits per heavy atom. The maximum absolute atomic E-state index is 13.4. The van der Waals surface area contributed by atoms with Crippen LogP contribution in [0.1, 0.15) is 11.1 Å². The molecule has 0 spiro atoms. The van der Waals surface area contributed by atoms with Gasteiger partial charge < -0.3 is 9.64 Å². The van der Waals surface area contributed by atoms with Gasteiger partial charge in [-0.05, 0) is 23.3 Å². The average molecular weight is 384 g/mol. The van der Waals surface area contributed by atoms with E-state index in [0.717, 1.165) is 29.8 Å². The molecule has 0 unspecified atom stereocenters. The lowest BCUT2D eigenvalue weighted by Gasteiger charge is -2.28. The fourth-order valence-corrected chi connectivity index (χ4v) is 3.94. The second-order valence-electron chi connectivity index (χ2n) is 6.37. The first-order chi connectivity index (χ1) is 13.3. The second-order valence-corrected chi connectivity index (χ2v) is 7.31. The molecule has 0 radical (unpaired) electrons. The largest absolute Gasteiger partial charge is 0.378 e. The van der Waals surface area contributed by atoms with E-state index in [-0.39, 0.29) is 5.82 Å². The van der Waals surface area contributed by atoms with Crippen LogP contribution in [0.5, 0.6) is 0 Å². The lowest BCUT2D eigenvalue weighted by atomic mass is 10.2. The zero-order valence-corrected chi connectivity index (χ0v) is 15.7. The van der Waals surface area contributed by atoms with Crippen LogP contribution in [0.2, 0.25) is 0 Å². The van der Waals surface area contributed by atoms with E-state index >= 15 is 0 Å². The van der Waals surface area contributed by atoms with Gasteiger partial charge in [0, 0.05) is 18.8 Å². The number of hydrogen-bond acceptors (Lipinski definition) is 5. The number of morpholine rings is 1. The van der Waals surface area contributed by atoms with Crippen molar-refractivity contribution in [1.82, 2.24) is 14.8 Å². The van der Waals surface area contributed by atoms with Crippen LogP contribution in [0.4, 0.5) is 10.3 Å². The third-order valence-electron chi connectivity index (χ3n) is 4.43. The van der Waals surface area contributed by atoms with E-state index in [9.17, 15) is 4.39 Å². The molecule has 1 fully saturated rings. The molecule has 3 aromatic rings. The van der Waals surface area contributed by atoms with Crippen LogP contribution in [0, 0.1) is 5.82 Å². The molecule has 1 aliphatic rings. The Bertz CT molecular complexity index is 881. The molecule has 5 nitrogen and oxygen atoms in total. The van der Waals surface area contributed by atoms with Crippen LogP contribution in [0.15, 0.2) is 59.8 Å². The average Bonchev–Trinajstić information content (AvgIpc) is 3.10. The molecule has 0 bridgehead atoms. The zero-order valence-electron chi connectivity index (χ0n) is 14.9. The van der Waals surface area contributed by atoms with Gasteiger partial charge in [-0.3, -0.25) is 4.57 Å². The van der Waals surface area contributed by atoms with Crippen molar-refractivity contribution in [2.75, 3.05) is 31.2 Å². The molecule has 1 aromatic heterocycles. The topological polar surface area (TPSA) is 43.2 Å². The Morgan fingerprint density at radius 3 is 2.52 bits per heavy atom. The van der Waals surface area contributed by atoms with E-state index in [1.54, 1.807) is 23.9 Å². The van der Waals surface area contributed by atoms with E-state index in [1.807, 2.05) is 24.3 Å². The Hall–Kier alpha value is -2.38. The number of thioether (sulfide) groups is 1. The van der Waals surface area contributed by atoms with E-state index in [2.05, 4.69) is 31.8 Å². The number of hydrogen-bond donors (Lipinski definition) is 0. The Kier molecular flexibility index (Phi) is 5.69. The lowest BCUT2D eigenvalue weighted by Crippen LogP contribution is -2.38. The molecule has 0 atom stereocenters. The third kappa shape index (κ3) is 4.48. The Morgan fingerprint density at radius 1 is 0.963 bits per heavy atom. The summed E-state index contributed by atoms with van der Waals surface area (Å²) in [7, 11) is 0. The van der Waals surface area contributed by atoms with Crippen molar-refractivity contribution in [3.05, 3.63) is 71.5 Å². The standard InChI is InChI=1S/C20H21FN4OS/c21-18-8-4-7-17(13-18)15-27-20-23-22-19(24-9-11-26-12-10-24)25(20)14-16-5-2-1-3-6-16/h1-8,13H,9-12,14-15H2. The van der Waals surface area contributed by atoms with E-state index < -0.39 is 0 Å². The Labute approximate surface area is 162 Å². The van der Waals surface area contributed by atoms with Gasteiger partial charge in [-0.25, -0.2) is 4.39 Å². The van der Waals surface area contributed by atoms with Crippen molar-refractivity contribution in [1.29, 1.82) is 0 Å². The zero-order chi connectivity index (χ0) is 18.5. The van der Waals surface area contributed by atoms with Gasteiger partial charge in [-0.15, -0.1) is 10.2 Å². The monoisotopic (exact) mass is 384 g/mol. The van der Waals surface area contributed by atoms with Crippen molar-refractivity contribution in [2.45, 2.75) is 17.5 Å². The fraction of sp³-hybridized carbons (Fsp3) is 0.300. The molecule has 0 saturated carbocycles. The normalized spacial score (nSPS) is 14.5. The Balaban J connectivity index is 1.58. The second kappa shape index (κ2) is 8.54. The van der Waals surface area contributed by atoms with E-state index in [0.29, 0.717) is 25.5 Å². The molecule has 1 saturated heterocycles. The predicted molar refractivity (Wildman–Crippen MR) is 105 cm³/mol. The summed E-state index contributed by atoms with van der Waals surface area (Å²) in [5.41, 5.74) is 2.13. The van der Waals surface area contributed by atoms with E-state index in [4.69, 9.17) is 4.74 Å². The minimum atomic E-state index is -0.215. The van der Waals surface area contributed by atoms with Gasteiger partial charge in [-0.2, -0.15) is 0 Å². The summed E-state index contributed by atoms with van der Waals surface area (Å²) in [4.78, 5) is 2.21. The molecule has 140 valence electrons. The van der Waals surface area contributed by atoms with Gasteiger partial charge in [-0.1, -0.05) is 54.2 Å². The highest BCUT2D eigenvalue weighted by atomic mass is 32.2. The highest BCUT2D eigenvalue weighted by molar-refractivity contribution is 7.98. The van der Waals surface area contributed by atoms with Crippen LogP contribution in [0.25, 0.3) is 0 Å². The fourth-order valence-electron chi connectivity index (χ4n) is 3.06. The first-order valence-corrected chi connectivity index (χ1v) is 9.95. The van der Waals surface area contributed by atoms with Crippen LogP contribution >= 0.6 is 11.8 Å². The number of halogens is 1. The molecule has 0 aliphatic carbocycles. The van der Waals surface area contributed by atoms with Crippen LogP contribution in [-0.2, 0) is 17.0 Å². The van der Waals surface area contributed by atoms with Gasteiger partial charge in [0.05, 0.1) is 19.8 Å². The maximum atomic E-state index is 13.4. The van der Waals surface area contributed by atoms with Gasteiger partial charge in [0.15, 0.2) is 5.16 Å². The number of benzene rings is 2. The van der Waals surface area contributed by atoms with Crippen molar-refractivity contribution >= 4 is 17.7 Å².